The first-order valence-corrected chi connectivity index (χ1v) is 3.70. The van der Waals surface area contributed by atoms with Crippen LogP contribution in [0.3, 0.4) is 0 Å². The maximum atomic E-state index is 13.1. The molecule has 0 aliphatic carbocycles. The van der Waals surface area contributed by atoms with E-state index in [1.54, 1.807) is 0 Å². The zero-order valence-corrected chi connectivity index (χ0v) is 6.98. The monoisotopic (exact) mass is 199 g/mol. The second-order valence-corrected chi connectivity index (χ2v) is 2.50. The van der Waals surface area contributed by atoms with E-state index in [-0.39, 0.29) is 11.1 Å². The number of halogens is 2. The second-order valence-electron chi connectivity index (χ2n) is 2.16. The lowest BCUT2D eigenvalue weighted by Gasteiger charge is -1.99. The molecule has 5 nitrogen and oxygen atoms in total. The van der Waals surface area contributed by atoms with Gasteiger partial charge in [0, 0.05) is 0 Å². The van der Waals surface area contributed by atoms with E-state index in [9.17, 15) is 4.39 Å². The van der Waals surface area contributed by atoms with Crippen LogP contribution in [0.15, 0.2) is 18.6 Å². The van der Waals surface area contributed by atoms with Crippen LogP contribution in [-0.4, -0.2) is 25.0 Å². The summed E-state index contributed by atoms with van der Waals surface area (Å²) in [6, 6.07) is 0. The van der Waals surface area contributed by atoms with Gasteiger partial charge >= 0.3 is 0 Å². The van der Waals surface area contributed by atoms with Gasteiger partial charge in [0.1, 0.15) is 0 Å². The number of rotatable bonds is 1. The van der Waals surface area contributed by atoms with E-state index in [4.69, 9.17) is 11.6 Å². The first-order chi connectivity index (χ1) is 6.27. The van der Waals surface area contributed by atoms with Gasteiger partial charge < -0.3 is 0 Å². The van der Waals surface area contributed by atoms with Crippen molar-refractivity contribution >= 4 is 11.6 Å². The highest BCUT2D eigenvalue weighted by atomic mass is 35.5. The van der Waals surface area contributed by atoms with Crippen LogP contribution < -0.4 is 0 Å². The summed E-state index contributed by atoms with van der Waals surface area (Å²) in [5.41, 5.74) is 0. The summed E-state index contributed by atoms with van der Waals surface area (Å²) in [5.74, 6) is -0.618. The summed E-state index contributed by atoms with van der Waals surface area (Å²) in [6.45, 7) is 0. The van der Waals surface area contributed by atoms with Gasteiger partial charge in [-0.25, -0.2) is 9.37 Å². The predicted molar refractivity (Wildman–Crippen MR) is 41.9 cm³/mol. The van der Waals surface area contributed by atoms with E-state index < -0.39 is 5.82 Å². The van der Waals surface area contributed by atoms with E-state index >= 15 is 0 Å². The van der Waals surface area contributed by atoms with Gasteiger partial charge in [-0.05, 0) is 11.6 Å². The molecule has 0 aromatic carbocycles. The first kappa shape index (κ1) is 8.06. The SMILES string of the molecule is Fc1cnc(Cl)nc1-n1ccnn1. The molecule has 7 heteroatoms. The Labute approximate surface area is 77.2 Å². The highest BCUT2D eigenvalue weighted by Crippen LogP contribution is 2.09. The highest BCUT2D eigenvalue weighted by Gasteiger charge is 2.07. The van der Waals surface area contributed by atoms with Gasteiger partial charge in [-0.1, -0.05) is 5.21 Å². The van der Waals surface area contributed by atoms with Gasteiger partial charge in [0.25, 0.3) is 0 Å². The molecule has 2 heterocycles. The fourth-order valence-electron chi connectivity index (χ4n) is 0.819. The number of aromatic nitrogens is 5. The molecule has 0 amide bonds. The Morgan fingerprint density at radius 1 is 1.46 bits per heavy atom. The highest BCUT2D eigenvalue weighted by molar-refractivity contribution is 6.28. The van der Waals surface area contributed by atoms with Crippen molar-refractivity contribution < 1.29 is 4.39 Å². The molecule has 0 N–H and O–H groups in total. The fourth-order valence-corrected chi connectivity index (χ4v) is 0.948. The quantitative estimate of drug-likeness (QED) is 0.639. The standard InChI is InChI=1S/C6H3ClFN5/c7-6-9-3-4(8)5(11-6)13-2-1-10-12-13/h1-3H. The first-order valence-electron chi connectivity index (χ1n) is 3.32. The topological polar surface area (TPSA) is 56.5 Å². The van der Waals surface area contributed by atoms with Crippen LogP contribution in [0.1, 0.15) is 0 Å². The van der Waals surface area contributed by atoms with Gasteiger partial charge in [0.05, 0.1) is 18.6 Å². The van der Waals surface area contributed by atoms with Gasteiger partial charge in [-0.2, -0.15) is 9.67 Å². The third-order valence-electron chi connectivity index (χ3n) is 1.34. The largest absolute Gasteiger partial charge is 0.224 e. The number of hydrogen-bond acceptors (Lipinski definition) is 4. The van der Waals surface area contributed by atoms with Gasteiger partial charge in [-0.3, -0.25) is 0 Å². The predicted octanol–water partition coefficient (Wildman–Crippen LogP) is 0.850. The van der Waals surface area contributed by atoms with E-state index in [2.05, 4.69) is 20.3 Å². The fraction of sp³-hybridized carbons (Fsp3) is 0. The normalized spacial score (nSPS) is 10.3. The maximum absolute atomic E-state index is 13.1. The third kappa shape index (κ3) is 1.48. The van der Waals surface area contributed by atoms with Crippen molar-refractivity contribution in [2.75, 3.05) is 0 Å². The van der Waals surface area contributed by atoms with Crippen LogP contribution in [-0.2, 0) is 0 Å². The summed E-state index contributed by atoms with van der Waals surface area (Å²) in [6.07, 6.45) is 3.85. The Kier molecular flexibility index (Phi) is 1.90. The second kappa shape index (κ2) is 3.06. The Morgan fingerprint density at radius 2 is 2.31 bits per heavy atom. The Hall–Kier alpha value is -1.56. The Bertz CT molecular complexity index is 415. The molecule has 0 spiro atoms. The van der Waals surface area contributed by atoms with Crippen molar-refractivity contribution in [2.45, 2.75) is 0 Å². The van der Waals surface area contributed by atoms with E-state index in [0.29, 0.717) is 0 Å². The minimum atomic E-state index is -0.602. The van der Waals surface area contributed by atoms with Crippen molar-refractivity contribution in [1.29, 1.82) is 0 Å². The molecule has 13 heavy (non-hydrogen) atoms. The van der Waals surface area contributed by atoms with Crippen LogP contribution in [0.25, 0.3) is 5.82 Å². The average molecular weight is 200 g/mol. The van der Waals surface area contributed by atoms with Gasteiger partial charge in [-0.15, -0.1) is 5.10 Å². The van der Waals surface area contributed by atoms with Crippen LogP contribution in [0.4, 0.5) is 4.39 Å². The Balaban J connectivity index is 2.57. The minimum absolute atomic E-state index is 0.0162. The zero-order chi connectivity index (χ0) is 9.26. The molecule has 0 saturated carbocycles. The molecule has 0 atom stereocenters. The molecule has 0 saturated heterocycles. The molecule has 0 unspecified atom stereocenters. The molecule has 2 rings (SSSR count). The van der Waals surface area contributed by atoms with Crippen molar-refractivity contribution in [3.63, 3.8) is 0 Å². The van der Waals surface area contributed by atoms with Crippen LogP contribution in [0.5, 0.6) is 0 Å². The molecule has 0 radical (unpaired) electrons. The summed E-state index contributed by atoms with van der Waals surface area (Å²) in [4.78, 5) is 7.12. The summed E-state index contributed by atoms with van der Waals surface area (Å²) in [5, 5.41) is 7.04. The summed E-state index contributed by atoms with van der Waals surface area (Å²) < 4.78 is 14.2. The molecule has 2 aromatic rings. The molecule has 66 valence electrons. The lowest BCUT2D eigenvalue weighted by Crippen LogP contribution is -2.03. The number of nitrogens with zero attached hydrogens (tertiary/aromatic N) is 5. The molecule has 0 fully saturated rings. The molecular formula is C6H3ClFN5. The average Bonchev–Trinajstić information content (AvgIpc) is 2.61. The molecular weight excluding hydrogens is 197 g/mol. The summed E-state index contributed by atoms with van der Waals surface area (Å²) >= 11 is 5.48. The number of hydrogen-bond donors (Lipinski definition) is 0. The smallest absolute Gasteiger partial charge is 0.223 e. The molecule has 0 bridgehead atoms. The van der Waals surface area contributed by atoms with E-state index in [0.717, 1.165) is 6.20 Å². The van der Waals surface area contributed by atoms with Crippen LogP contribution in [0.2, 0.25) is 5.28 Å². The third-order valence-corrected chi connectivity index (χ3v) is 1.52. The van der Waals surface area contributed by atoms with Gasteiger partial charge in [0.15, 0.2) is 11.6 Å². The van der Waals surface area contributed by atoms with Crippen molar-refractivity contribution in [3.8, 4) is 5.82 Å². The van der Waals surface area contributed by atoms with Gasteiger partial charge in [0.2, 0.25) is 5.28 Å². The minimum Gasteiger partial charge on any atom is -0.223 e. The molecule has 0 aliphatic rings. The molecule has 0 aliphatic heterocycles. The molecule has 2 aromatic heterocycles. The van der Waals surface area contributed by atoms with Crippen LogP contribution in [0, 0.1) is 5.82 Å². The van der Waals surface area contributed by atoms with Crippen molar-refractivity contribution in [3.05, 3.63) is 29.7 Å². The lowest BCUT2D eigenvalue weighted by atomic mass is 10.5. The van der Waals surface area contributed by atoms with Crippen molar-refractivity contribution in [1.82, 2.24) is 25.0 Å². The van der Waals surface area contributed by atoms with E-state index in [1.165, 1.54) is 17.1 Å². The zero-order valence-electron chi connectivity index (χ0n) is 6.22. The van der Waals surface area contributed by atoms with Crippen LogP contribution >= 0.6 is 11.6 Å². The van der Waals surface area contributed by atoms with E-state index in [1.807, 2.05) is 0 Å². The maximum Gasteiger partial charge on any atom is 0.224 e. The Morgan fingerprint density at radius 3 is 3.00 bits per heavy atom. The summed E-state index contributed by atoms with van der Waals surface area (Å²) in [7, 11) is 0. The van der Waals surface area contributed by atoms with Crippen molar-refractivity contribution in [2.24, 2.45) is 0 Å². The lowest BCUT2D eigenvalue weighted by molar-refractivity contribution is 0.588.